The number of nitrogens with zero attached hydrogens (tertiary/aromatic N) is 3. The number of nitrogens with one attached hydrogen (secondary N) is 1. The Hall–Kier alpha value is -1.74. The quantitative estimate of drug-likeness (QED) is 0.839. The number of amides is 1. The van der Waals surface area contributed by atoms with Gasteiger partial charge in [0.1, 0.15) is 11.5 Å². The summed E-state index contributed by atoms with van der Waals surface area (Å²) in [7, 11) is -3.03. The van der Waals surface area contributed by atoms with Crippen molar-refractivity contribution in [2.75, 3.05) is 16.8 Å². The van der Waals surface area contributed by atoms with Gasteiger partial charge in [-0.15, -0.1) is 11.3 Å². The summed E-state index contributed by atoms with van der Waals surface area (Å²) >= 11 is 1.54. The van der Waals surface area contributed by atoms with Crippen LogP contribution >= 0.6 is 11.3 Å². The third-order valence-electron chi connectivity index (χ3n) is 4.27. The van der Waals surface area contributed by atoms with Gasteiger partial charge in [0.05, 0.1) is 28.2 Å². The van der Waals surface area contributed by atoms with Gasteiger partial charge in [-0.05, 0) is 32.6 Å². The first-order valence-corrected chi connectivity index (χ1v) is 11.3. The second-order valence-corrected chi connectivity index (χ2v) is 10.7. The van der Waals surface area contributed by atoms with E-state index in [1.54, 1.807) is 22.1 Å². The molecule has 1 N–H and O–H groups in total. The Balaban J connectivity index is 1.85. The number of hydrogen-bond acceptors (Lipinski definition) is 6. The van der Waals surface area contributed by atoms with Crippen molar-refractivity contribution in [3.05, 3.63) is 27.3 Å². The molecule has 1 atom stereocenters. The zero-order valence-corrected chi connectivity index (χ0v) is 17.1. The summed E-state index contributed by atoms with van der Waals surface area (Å²) in [6.45, 7) is 7.93. The predicted octanol–water partition coefficient (Wildman–Crippen LogP) is 2.77. The minimum atomic E-state index is -3.03. The molecule has 9 heteroatoms. The lowest BCUT2D eigenvalue weighted by molar-refractivity contribution is 0.102. The molecular formula is C17H24N4O3S2. The van der Waals surface area contributed by atoms with Crippen LogP contribution in [0.3, 0.4) is 0 Å². The van der Waals surface area contributed by atoms with Crippen LogP contribution in [-0.2, 0) is 16.3 Å². The molecule has 0 spiro atoms. The monoisotopic (exact) mass is 396 g/mol. The number of carbonyl (C=O) groups excluding carboxylic acids is 1. The molecule has 2 aromatic rings. The summed E-state index contributed by atoms with van der Waals surface area (Å²) < 4.78 is 25.2. The summed E-state index contributed by atoms with van der Waals surface area (Å²) in [5, 5.41) is 8.15. The van der Waals surface area contributed by atoms with Crippen LogP contribution in [0, 0.1) is 19.8 Å². The average Bonchev–Trinajstić information content (AvgIpc) is 3.16. The molecule has 1 saturated heterocycles. The first-order chi connectivity index (χ1) is 12.1. The van der Waals surface area contributed by atoms with Crippen LogP contribution in [0.5, 0.6) is 0 Å². The van der Waals surface area contributed by atoms with Crippen molar-refractivity contribution >= 4 is 32.9 Å². The Morgan fingerprint density at radius 3 is 2.77 bits per heavy atom. The first-order valence-electron chi connectivity index (χ1n) is 8.69. The van der Waals surface area contributed by atoms with E-state index in [1.807, 2.05) is 13.8 Å². The number of thiazole rings is 1. The molecule has 0 aromatic carbocycles. The number of carbonyl (C=O) groups is 1. The van der Waals surface area contributed by atoms with Crippen molar-refractivity contribution < 1.29 is 13.2 Å². The van der Waals surface area contributed by atoms with Gasteiger partial charge in [0, 0.05) is 10.9 Å². The topological polar surface area (TPSA) is 94.0 Å². The summed E-state index contributed by atoms with van der Waals surface area (Å²) in [5.41, 5.74) is 1.19. The van der Waals surface area contributed by atoms with Crippen molar-refractivity contribution in [3.8, 4) is 0 Å². The van der Waals surface area contributed by atoms with Gasteiger partial charge in [0.2, 0.25) is 0 Å². The van der Waals surface area contributed by atoms with Crippen LogP contribution in [0.4, 0.5) is 5.82 Å². The Labute approximate surface area is 157 Å². The first kappa shape index (κ1) is 19.0. The molecule has 26 heavy (non-hydrogen) atoms. The Morgan fingerprint density at radius 2 is 2.15 bits per heavy atom. The van der Waals surface area contributed by atoms with Crippen LogP contribution < -0.4 is 5.32 Å². The van der Waals surface area contributed by atoms with E-state index in [2.05, 4.69) is 29.2 Å². The van der Waals surface area contributed by atoms with Gasteiger partial charge >= 0.3 is 0 Å². The summed E-state index contributed by atoms with van der Waals surface area (Å²) in [6, 6.07) is 1.53. The van der Waals surface area contributed by atoms with E-state index < -0.39 is 9.84 Å². The highest BCUT2D eigenvalue weighted by Gasteiger charge is 2.31. The van der Waals surface area contributed by atoms with E-state index in [1.165, 1.54) is 0 Å². The number of rotatable bonds is 5. The molecule has 0 radical (unpaired) electrons. The second kappa shape index (κ2) is 7.11. The van der Waals surface area contributed by atoms with Gasteiger partial charge in [-0.1, -0.05) is 13.8 Å². The van der Waals surface area contributed by atoms with E-state index >= 15 is 0 Å². The maximum Gasteiger partial charge on any atom is 0.276 e. The highest BCUT2D eigenvalue weighted by atomic mass is 32.2. The Bertz CT molecular complexity index is 928. The number of anilines is 1. The molecule has 0 bridgehead atoms. The molecule has 1 aliphatic heterocycles. The highest BCUT2D eigenvalue weighted by Crippen LogP contribution is 2.28. The van der Waals surface area contributed by atoms with Gasteiger partial charge in [-0.25, -0.2) is 18.1 Å². The number of aromatic nitrogens is 3. The molecule has 1 fully saturated rings. The lowest BCUT2D eigenvalue weighted by Crippen LogP contribution is -2.20. The van der Waals surface area contributed by atoms with Crippen molar-refractivity contribution in [2.45, 2.75) is 46.6 Å². The molecule has 1 amide bonds. The highest BCUT2D eigenvalue weighted by molar-refractivity contribution is 7.91. The summed E-state index contributed by atoms with van der Waals surface area (Å²) in [4.78, 5) is 18.2. The second-order valence-electron chi connectivity index (χ2n) is 7.23. The van der Waals surface area contributed by atoms with Crippen LogP contribution in [0.25, 0.3) is 0 Å². The largest absolute Gasteiger partial charge is 0.305 e. The van der Waals surface area contributed by atoms with Gasteiger partial charge < -0.3 is 5.32 Å². The number of aryl methyl sites for hydroxylation is 2. The van der Waals surface area contributed by atoms with E-state index in [9.17, 15) is 13.2 Å². The van der Waals surface area contributed by atoms with E-state index in [-0.39, 0.29) is 23.5 Å². The van der Waals surface area contributed by atoms with Gasteiger partial charge in [0.25, 0.3) is 5.91 Å². The molecule has 1 unspecified atom stereocenters. The summed E-state index contributed by atoms with van der Waals surface area (Å²) in [6.07, 6.45) is 1.31. The number of hydrogen-bond donors (Lipinski definition) is 1. The van der Waals surface area contributed by atoms with E-state index in [4.69, 9.17) is 0 Å². The molecule has 7 nitrogen and oxygen atoms in total. The third kappa shape index (κ3) is 4.15. The fourth-order valence-electron chi connectivity index (χ4n) is 3.19. The van der Waals surface area contributed by atoms with Gasteiger partial charge in [0.15, 0.2) is 9.84 Å². The molecule has 0 aliphatic carbocycles. The predicted molar refractivity (Wildman–Crippen MR) is 103 cm³/mol. The van der Waals surface area contributed by atoms with Crippen LogP contribution in [-0.4, -0.2) is 40.6 Å². The van der Waals surface area contributed by atoms with Crippen molar-refractivity contribution in [1.29, 1.82) is 0 Å². The number of sulfone groups is 1. The fourth-order valence-corrected chi connectivity index (χ4v) is 6.03. The fraction of sp³-hybridized carbons (Fsp3) is 0.588. The molecule has 142 valence electrons. The molecule has 0 saturated carbocycles. The maximum atomic E-state index is 12.8. The zero-order chi connectivity index (χ0) is 19.1. The average molecular weight is 397 g/mol. The molecular weight excluding hydrogens is 372 g/mol. The van der Waals surface area contributed by atoms with Crippen molar-refractivity contribution in [1.82, 2.24) is 14.8 Å². The normalized spacial score (nSPS) is 19.2. The maximum absolute atomic E-state index is 12.8. The lowest BCUT2D eigenvalue weighted by Gasteiger charge is -2.13. The minimum absolute atomic E-state index is 0.0609. The Morgan fingerprint density at radius 1 is 1.42 bits per heavy atom. The molecule has 2 aromatic heterocycles. The lowest BCUT2D eigenvalue weighted by atomic mass is 10.1. The smallest absolute Gasteiger partial charge is 0.276 e. The SMILES string of the molecule is Cc1cc(NC(=O)c2nc(C)sc2CC(C)C)n(C2CCS(=O)(=O)C2)n1. The van der Waals surface area contributed by atoms with Gasteiger partial charge in [-0.2, -0.15) is 5.10 Å². The molecule has 3 rings (SSSR count). The molecule has 1 aliphatic rings. The Kier molecular flexibility index (Phi) is 5.21. The van der Waals surface area contributed by atoms with Crippen molar-refractivity contribution in [3.63, 3.8) is 0 Å². The van der Waals surface area contributed by atoms with Crippen molar-refractivity contribution in [2.24, 2.45) is 5.92 Å². The van der Waals surface area contributed by atoms with Crippen LogP contribution in [0.15, 0.2) is 6.07 Å². The van der Waals surface area contributed by atoms with Crippen LogP contribution in [0.2, 0.25) is 0 Å². The van der Waals surface area contributed by atoms with E-state index in [0.29, 0.717) is 23.9 Å². The molecule has 3 heterocycles. The van der Waals surface area contributed by atoms with Crippen LogP contribution in [0.1, 0.15) is 52.4 Å². The standard InChI is InChI=1S/C17H24N4O3S2/c1-10(2)7-14-16(18-12(4)25-14)17(22)19-15-8-11(3)20-21(15)13-5-6-26(23,24)9-13/h8,10,13H,5-7,9H2,1-4H3,(H,19,22). The van der Waals surface area contributed by atoms with E-state index in [0.717, 1.165) is 22.0 Å². The minimum Gasteiger partial charge on any atom is -0.305 e. The third-order valence-corrected chi connectivity index (χ3v) is 7.01. The summed E-state index contributed by atoms with van der Waals surface area (Å²) in [5.74, 6) is 0.903. The van der Waals surface area contributed by atoms with Gasteiger partial charge in [-0.3, -0.25) is 4.79 Å². The zero-order valence-electron chi connectivity index (χ0n) is 15.4.